The van der Waals surface area contributed by atoms with Crippen LogP contribution in [0.2, 0.25) is 0 Å². The van der Waals surface area contributed by atoms with Gasteiger partial charge in [0, 0.05) is 12.8 Å². The molecule has 1 heterocycles. The van der Waals surface area contributed by atoms with E-state index in [4.69, 9.17) is 23.3 Å². The molecule has 1 aliphatic heterocycles. The predicted octanol–water partition coefficient (Wildman–Crippen LogP) is 9.16. The van der Waals surface area contributed by atoms with Gasteiger partial charge in [-0.1, -0.05) is 172 Å². The van der Waals surface area contributed by atoms with Gasteiger partial charge in [-0.05, 0) is 44.9 Å². The van der Waals surface area contributed by atoms with Gasteiger partial charge in [0.15, 0.2) is 6.10 Å². The molecule has 0 aromatic heterocycles. The maximum atomic E-state index is 12.8. The SMILES string of the molecule is CCCCCCCCCCCCCCCCCCCC(=O)O[C@H](COC(=O)CCC/C=C\C/C=C\C/C=C\CC1OC1CCCCC)COP(=O)(O)OC1[C@H](O)[C@H](O)C(O)[C@H](O)[C@H]1O. The number of unbranched alkanes of at least 4 members (excludes halogenated alkanes) is 19. The van der Waals surface area contributed by atoms with E-state index in [1.54, 1.807) is 0 Å². The molecule has 0 radical (unpaired) electrons. The number of epoxide rings is 1. The molecule has 0 bridgehead atoms. The molecule has 5 unspecified atom stereocenters. The number of esters is 2. The van der Waals surface area contributed by atoms with Crippen LogP contribution in [0.25, 0.3) is 0 Å². The Bertz CT molecular complexity index is 1330. The maximum absolute atomic E-state index is 12.8. The molecule has 14 nitrogen and oxygen atoms in total. The molecule has 6 N–H and O–H groups in total. The van der Waals surface area contributed by atoms with Gasteiger partial charge in [0.05, 0.1) is 18.8 Å². The number of ether oxygens (including phenoxy) is 3. The molecule has 64 heavy (non-hydrogen) atoms. The van der Waals surface area contributed by atoms with Crippen molar-refractivity contribution in [1.82, 2.24) is 0 Å². The second-order valence-corrected chi connectivity index (χ2v) is 19.1. The molecule has 2 rings (SSSR count). The van der Waals surface area contributed by atoms with E-state index < -0.39 is 75.7 Å². The summed E-state index contributed by atoms with van der Waals surface area (Å²) in [6.45, 7) is 3.24. The second-order valence-electron chi connectivity index (χ2n) is 17.7. The zero-order valence-corrected chi connectivity index (χ0v) is 40.2. The number of aliphatic hydroxyl groups is 5. The Balaban J connectivity index is 1.69. The molecule has 1 saturated carbocycles. The standard InChI is InChI=1S/C49H87O14P/c1-3-5-7-8-9-10-11-12-13-14-15-16-17-22-25-28-32-36-43(51)61-39(38-60-64(57,58)63-49-47(55)45(53)44(52)46(54)48(49)56)37-59-42(50)35-31-27-24-21-19-18-20-23-26-30-34-41-40(62-41)33-29-6-4-2/h18,20-21,24,26,30,39-41,44-49,52-56H,3-17,19,22-23,25,27-29,31-38H2,1-2H3,(H,57,58)/b20-18-,24-21-,30-26-/t39-,40?,41?,44?,45-,46+,47-,48-,49?/m1/s1. The van der Waals surface area contributed by atoms with Gasteiger partial charge in [0.25, 0.3) is 0 Å². The van der Waals surface area contributed by atoms with Crippen molar-refractivity contribution in [1.29, 1.82) is 0 Å². The van der Waals surface area contributed by atoms with E-state index >= 15 is 0 Å². The molecular weight excluding hydrogens is 843 g/mol. The van der Waals surface area contributed by atoms with Crippen LogP contribution in [0, 0.1) is 0 Å². The second kappa shape index (κ2) is 36.1. The molecule has 2 aliphatic rings. The zero-order valence-electron chi connectivity index (χ0n) is 39.3. The largest absolute Gasteiger partial charge is 0.472 e. The van der Waals surface area contributed by atoms with Gasteiger partial charge in [0.1, 0.15) is 43.2 Å². The van der Waals surface area contributed by atoms with Gasteiger partial charge in [-0.3, -0.25) is 18.6 Å². The first-order chi connectivity index (χ1) is 30.9. The lowest BCUT2D eigenvalue weighted by atomic mass is 9.85. The number of carbonyl (C=O) groups excluding carboxylic acids is 2. The molecule has 0 aromatic carbocycles. The zero-order chi connectivity index (χ0) is 46.8. The van der Waals surface area contributed by atoms with Crippen LogP contribution in [0.5, 0.6) is 0 Å². The summed E-state index contributed by atoms with van der Waals surface area (Å²) in [5.74, 6) is -1.16. The third-order valence-corrected chi connectivity index (χ3v) is 12.9. The molecular formula is C49H87O14P. The maximum Gasteiger partial charge on any atom is 0.472 e. The first kappa shape index (κ1) is 58.2. The highest BCUT2D eigenvalue weighted by Gasteiger charge is 2.51. The van der Waals surface area contributed by atoms with Crippen LogP contribution < -0.4 is 0 Å². The van der Waals surface area contributed by atoms with Crippen LogP contribution in [0.1, 0.15) is 194 Å². The molecule has 1 saturated heterocycles. The highest BCUT2D eigenvalue weighted by molar-refractivity contribution is 7.47. The molecule has 10 atom stereocenters. The molecule has 372 valence electrons. The normalized spacial score (nSPS) is 25.0. The van der Waals surface area contributed by atoms with Gasteiger partial charge in [0.2, 0.25) is 0 Å². The van der Waals surface area contributed by atoms with Gasteiger partial charge in [-0.15, -0.1) is 0 Å². The molecule has 0 amide bonds. The lowest BCUT2D eigenvalue weighted by molar-refractivity contribution is -0.220. The van der Waals surface area contributed by atoms with Crippen LogP contribution in [-0.2, 0) is 37.4 Å². The Morgan fingerprint density at radius 3 is 1.59 bits per heavy atom. The van der Waals surface area contributed by atoms with E-state index in [0.29, 0.717) is 31.5 Å². The van der Waals surface area contributed by atoms with E-state index in [-0.39, 0.29) is 12.8 Å². The molecule has 0 spiro atoms. The Labute approximate surface area is 384 Å². The summed E-state index contributed by atoms with van der Waals surface area (Å²) >= 11 is 0. The molecule has 2 fully saturated rings. The Morgan fingerprint density at radius 2 is 1.03 bits per heavy atom. The van der Waals surface area contributed by atoms with Crippen LogP contribution in [-0.4, -0.2) is 111 Å². The fraction of sp³-hybridized carbons (Fsp3) is 0.837. The topological polar surface area (TPSA) is 222 Å². The highest BCUT2D eigenvalue weighted by atomic mass is 31.2. The summed E-state index contributed by atoms with van der Waals surface area (Å²) in [5, 5.41) is 50.2. The number of rotatable bonds is 40. The number of aliphatic hydroxyl groups excluding tert-OH is 5. The fourth-order valence-electron chi connectivity index (χ4n) is 7.79. The average molecular weight is 931 g/mol. The summed E-state index contributed by atoms with van der Waals surface area (Å²) in [6.07, 6.45) is 29.4. The third kappa shape index (κ3) is 27.6. The smallest absolute Gasteiger partial charge is 0.462 e. The monoisotopic (exact) mass is 931 g/mol. The van der Waals surface area contributed by atoms with Crippen molar-refractivity contribution >= 4 is 19.8 Å². The van der Waals surface area contributed by atoms with Gasteiger partial charge in [-0.25, -0.2) is 4.57 Å². The number of hydrogen-bond acceptors (Lipinski definition) is 13. The van der Waals surface area contributed by atoms with Crippen molar-refractivity contribution in [2.24, 2.45) is 0 Å². The van der Waals surface area contributed by atoms with Crippen LogP contribution in [0.3, 0.4) is 0 Å². The minimum Gasteiger partial charge on any atom is -0.462 e. The third-order valence-electron chi connectivity index (χ3n) is 11.9. The highest BCUT2D eigenvalue weighted by Crippen LogP contribution is 2.47. The van der Waals surface area contributed by atoms with Crippen molar-refractivity contribution < 1.29 is 67.8 Å². The summed E-state index contributed by atoms with van der Waals surface area (Å²) in [6, 6.07) is 0. The van der Waals surface area contributed by atoms with E-state index in [0.717, 1.165) is 51.4 Å². The van der Waals surface area contributed by atoms with Crippen molar-refractivity contribution in [3.8, 4) is 0 Å². The fourth-order valence-corrected chi connectivity index (χ4v) is 8.76. The Hall–Kier alpha value is -1.97. The van der Waals surface area contributed by atoms with E-state index in [2.05, 4.69) is 38.2 Å². The summed E-state index contributed by atoms with van der Waals surface area (Å²) in [7, 11) is -5.13. The first-order valence-corrected chi connectivity index (χ1v) is 26.4. The number of phosphoric ester groups is 1. The van der Waals surface area contributed by atoms with E-state index in [1.165, 1.54) is 96.3 Å². The first-order valence-electron chi connectivity index (χ1n) is 24.9. The minimum absolute atomic E-state index is 0.0859. The van der Waals surface area contributed by atoms with Crippen molar-refractivity contribution in [3.05, 3.63) is 36.5 Å². The summed E-state index contributed by atoms with van der Waals surface area (Å²) in [5.41, 5.74) is 0. The number of carbonyl (C=O) groups is 2. The van der Waals surface area contributed by atoms with E-state index in [1.807, 2.05) is 12.2 Å². The van der Waals surface area contributed by atoms with Gasteiger partial charge in [-0.2, -0.15) is 0 Å². The summed E-state index contributed by atoms with van der Waals surface area (Å²) < 4.78 is 39.3. The number of phosphoric acid groups is 1. The average Bonchev–Trinajstić information content (AvgIpc) is 4.03. The predicted molar refractivity (Wildman–Crippen MR) is 248 cm³/mol. The molecule has 0 aromatic rings. The lowest BCUT2D eigenvalue weighted by Crippen LogP contribution is -2.64. The van der Waals surface area contributed by atoms with Gasteiger partial charge < -0.3 is 44.6 Å². The Kier molecular flexibility index (Phi) is 32.8. The van der Waals surface area contributed by atoms with Crippen molar-refractivity contribution in [2.45, 2.75) is 249 Å². The van der Waals surface area contributed by atoms with Crippen LogP contribution >= 0.6 is 7.82 Å². The van der Waals surface area contributed by atoms with E-state index in [9.17, 15) is 44.6 Å². The van der Waals surface area contributed by atoms with Crippen LogP contribution in [0.4, 0.5) is 0 Å². The Morgan fingerprint density at radius 1 is 0.562 bits per heavy atom. The molecule has 1 aliphatic carbocycles. The number of allylic oxidation sites excluding steroid dienone is 5. The molecule has 15 heteroatoms. The minimum atomic E-state index is -5.13. The quantitative estimate of drug-likeness (QED) is 0.0111. The van der Waals surface area contributed by atoms with Crippen molar-refractivity contribution in [3.63, 3.8) is 0 Å². The number of hydrogen-bond donors (Lipinski definition) is 6. The van der Waals surface area contributed by atoms with Crippen molar-refractivity contribution in [2.75, 3.05) is 13.2 Å². The van der Waals surface area contributed by atoms with Crippen LogP contribution in [0.15, 0.2) is 36.5 Å². The summed E-state index contributed by atoms with van der Waals surface area (Å²) in [4.78, 5) is 35.8. The lowest BCUT2D eigenvalue weighted by Gasteiger charge is -2.41. The van der Waals surface area contributed by atoms with Gasteiger partial charge >= 0.3 is 19.8 Å².